The molecule has 2 amide bonds. The van der Waals surface area contributed by atoms with E-state index in [1.165, 1.54) is 0 Å². The SMILES string of the molecule is NNC(=O)Nc1c(O)cc(Cl)c(Cl)c1Cl. The van der Waals surface area contributed by atoms with Crippen molar-refractivity contribution in [2.45, 2.75) is 0 Å². The number of nitrogens with one attached hydrogen (secondary N) is 2. The minimum absolute atomic E-state index is 0.0310. The maximum absolute atomic E-state index is 10.9. The van der Waals surface area contributed by atoms with Gasteiger partial charge in [-0.05, 0) is 0 Å². The number of anilines is 1. The monoisotopic (exact) mass is 269 g/mol. The lowest BCUT2D eigenvalue weighted by Crippen LogP contribution is -2.34. The second kappa shape index (κ2) is 4.76. The zero-order valence-electron chi connectivity index (χ0n) is 7.14. The molecule has 0 fully saturated rings. The molecule has 1 aromatic rings. The number of amides is 2. The van der Waals surface area contributed by atoms with Crippen LogP contribution in [-0.4, -0.2) is 11.1 Å². The van der Waals surface area contributed by atoms with E-state index in [-0.39, 0.29) is 26.5 Å². The second-order valence-corrected chi connectivity index (χ2v) is 3.64. The summed E-state index contributed by atoms with van der Waals surface area (Å²) in [4.78, 5) is 10.9. The molecule has 0 saturated heterocycles. The highest BCUT2D eigenvalue weighted by molar-refractivity contribution is 6.49. The molecular formula is C7H6Cl3N3O2. The topological polar surface area (TPSA) is 87.4 Å². The molecule has 0 heterocycles. The summed E-state index contributed by atoms with van der Waals surface area (Å²) in [5, 5.41) is 11.7. The molecular weight excluding hydrogens is 264 g/mol. The van der Waals surface area contributed by atoms with Gasteiger partial charge in [-0.1, -0.05) is 34.8 Å². The molecule has 0 aromatic heterocycles. The minimum atomic E-state index is -0.745. The van der Waals surface area contributed by atoms with E-state index in [1.54, 1.807) is 5.43 Å². The number of hydrogen-bond acceptors (Lipinski definition) is 3. The molecule has 0 atom stereocenters. The van der Waals surface area contributed by atoms with Gasteiger partial charge in [0, 0.05) is 6.07 Å². The summed E-state index contributed by atoms with van der Waals surface area (Å²) in [6.07, 6.45) is 0. The van der Waals surface area contributed by atoms with Gasteiger partial charge in [0.2, 0.25) is 0 Å². The van der Waals surface area contributed by atoms with E-state index >= 15 is 0 Å². The Balaban J connectivity index is 3.18. The number of hydrazine groups is 1. The van der Waals surface area contributed by atoms with E-state index in [1.807, 2.05) is 0 Å². The first-order chi connectivity index (χ1) is 6.97. The number of benzene rings is 1. The van der Waals surface area contributed by atoms with Crippen molar-refractivity contribution in [3.8, 4) is 5.75 Å². The van der Waals surface area contributed by atoms with Crippen molar-refractivity contribution in [2.75, 3.05) is 5.32 Å². The van der Waals surface area contributed by atoms with Crippen LogP contribution >= 0.6 is 34.8 Å². The van der Waals surface area contributed by atoms with Gasteiger partial charge in [0.1, 0.15) is 11.4 Å². The predicted octanol–water partition coefficient (Wildman–Crippen LogP) is 2.35. The maximum Gasteiger partial charge on any atom is 0.333 e. The van der Waals surface area contributed by atoms with Crippen LogP contribution < -0.4 is 16.6 Å². The average molecular weight is 271 g/mol. The fraction of sp³-hybridized carbons (Fsp3) is 0. The molecule has 5 nitrogen and oxygen atoms in total. The Morgan fingerprint density at radius 3 is 2.47 bits per heavy atom. The van der Waals surface area contributed by atoms with Crippen molar-refractivity contribution in [1.29, 1.82) is 0 Å². The van der Waals surface area contributed by atoms with Gasteiger partial charge < -0.3 is 10.4 Å². The molecule has 5 N–H and O–H groups in total. The largest absolute Gasteiger partial charge is 0.506 e. The highest BCUT2D eigenvalue weighted by Gasteiger charge is 2.15. The summed E-state index contributed by atoms with van der Waals surface area (Å²) in [7, 11) is 0. The number of hydrogen-bond donors (Lipinski definition) is 4. The third kappa shape index (κ3) is 2.57. The van der Waals surface area contributed by atoms with Crippen LogP contribution in [0.5, 0.6) is 5.75 Å². The third-order valence-electron chi connectivity index (χ3n) is 1.51. The Bertz CT molecular complexity index is 411. The van der Waals surface area contributed by atoms with Gasteiger partial charge in [-0.2, -0.15) is 0 Å². The van der Waals surface area contributed by atoms with Gasteiger partial charge in [-0.15, -0.1) is 0 Å². The predicted molar refractivity (Wildman–Crippen MR) is 59.5 cm³/mol. The molecule has 1 rings (SSSR count). The van der Waals surface area contributed by atoms with Crippen LogP contribution in [0.25, 0.3) is 0 Å². The van der Waals surface area contributed by atoms with Gasteiger partial charge in [0.05, 0.1) is 15.1 Å². The van der Waals surface area contributed by atoms with Crippen molar-refractivity contribution < 1.29 is 9.90 Å². The Morgan fingerprint density at radius 1 is 1.33 bits per heavy atom. The molecule has 0 spiro atoms. The van der Waals surface area contributed by atoms with E-state index < -0.39 is 6.03 Å². The molecule has 8 heteroatoms. The van der Waals surface area contributed by atoms with E-state index in [0.29, 0.717) is 0 Å². The summed E-state index contributed by atoms with van der Waals surface area (Å²) in [5.41, 5.74) is 1.75. The lowest BCUT2D eigenvalue weighted by molar-refractivity contribution is 0.252. The summed E-state index contributed by atoms with van der Waals surface area (Å²) in [6, 6.07) is 0.410. The normalized spacial score (nSPS) is 9.87. The first-order valence-electron chi connectivity index (χ1n) is 3.61. The maximum atomic E-state index is 10.9. The molecule has 15 heavy (non-hydrogen) atoms. The van der Waals surface area contributed by atoms with Gasteiger partial charge in [0.25, 0.3) is 0 Å². The standard InChI is InChI=1S/C7H6Cl3N3O2/c8-2-1-3(14)6(5(10)4(2)9)12-7(15)13-11/h1,14H,11H2,(H2,12,13,15). The number of nitrogens with two attached hydrogens (primary N) is 1. The number of phenols is 1. The van der Waals surface area contributed by atoms with E-state index in [2.05, 4.69) is 5.32 Å². The Hall–Kier alpha value is -0.880. The highest BCUT2D eigenvalue weighted by atomic mass is 35.5. The molecule has 1 aromatic carbocycles. The summed E-state index contributed by atoms with van der Waals surface area (Å²) >= 11 is 17.1. The summed E-state index contributed by atoms with van der Waals surface area (Å²) in [6.45, 7) is 0. The lowest BCUT2D eigenvalue weighted by Gasteiger charge is -2.10. The first kappa shape index (κ1) is 12.2. The highest BCUT2D eigenvalue weighted by Crippen LogP contribution is 2.41. The molecule has 0 aliphatic rings. The van der Waals surface area contributed by atoms with Crippen LogP contribution in [0.15, 0.2) is 6.07 Å². The van der Waals surface area contributed by atoms with Gasteiger partial charge in [-0.3, -0.25) is 5.43 Å². The number of halogens is 3. The van der Waals surface area contributed by atoms with Crippen molar-refractivity contribution in [2.24, 2.45) is 5.84 Å². The van der Waals surface area contributed by atoms with Crippen LogP contribution in [0.1, 0.15) is 0 Å². The van der Waals surface area contributed by atoms with Crippen LogP contribution in [0.2, 0.25) is 15.1 Å². The number of carbonyl (C=O) groups is 1. The third-order valence-corrected chi connectivity index (χ3v) is 2.77. The van der Waals surface area contributed by atoms with Crippen LogP contribution in [0.3, 0.4) is 0 Å². The fourth-order valence-electron chi connectivity index (χ4n) is 0.851. The summed E-state index contributed by atoms with van der Waals surface area (Å²) in [5.74, 6) is 4.53. The van der Waals surface area contributed by atoms with Crippen LogP contribution in [0, 0.1) is 0 Å². The number of rotatable bonds is 1. The first-order valence-corrected chi connectivity index (χ1v) is 4.74. The lowest BCUT2D eigenvalue weighted by atomic mass is 10.3. The number of carbonyl (C=O) groups excluding carboxylic acids is 1. The molecule has 0 radical (unpaired) electrons. The zero-order chi connectivity index (χ0) is 11.6. The van der Waals surface area contributed by atoms with Crippen molar-refractivity contribution >= 4 is 46.5 Å². The van der Waals surface area contributed by atoms with Gasteiger partial charge in [0.15, 0.2) is 0 Å². The van der Waals surface area contributed by atoms with Crippen molar-refractivity contribution in [3.05, 3.63) is 21.1 Å². The molecule has 0 unspecified atom stereocenters. The second-order valence-electron chi connectivity index (χ2n) is 2.48. The van der Waals surface area contributed by atoms with E-state index in [9.17, 15) is 9.90 Å². The van der Waals surface area contributed by atoms with Gasteiger partial charge in [-0.25, -0.2) is 10.6 Å². The Morgan fingerprint density at radius 2 is 1.93 bits per heavy atom. The van der Waals surface area contributed by atoms with Crippen LogP contribution in [0.4, 0.5) is 10.5 Å². The quantitative estimate of drug-likeness (QED) is 0.208. The van der Waals surface area contributed by atoms with E-state index in [4.69, 9.17) is 40.6 Å². The van der Waals surface area contributed by atoms with Crippen molar-refractivity contribution in [1.82, 2.24) is 5.43 Å². The summed E-state index contributed by atoms with van der Waals surface area (Å²) < 4.78 is 0. The zero-order valence-corrected chi connectivity index (χ0v) is 9.41. The molecule has 82 valence electrons. The van der Waals surface area contributed by atoms with E-state index in [0.717, 1.165) is 6.07 Å². The average Bonchev–Trinajstić information content (AvgIpc) is 2.21. The van der Waals surface area contributed by atoms with Gasteiger partial charge >= 0.3 is 6.03 Å². The molecule has 0 aliphatic carbocycles. The van der Waals surface area contributed by atoms with Crippen LogP contribution in [-0.2, 0) is 0 Å². The number of aromatic hydroxyl groups is 1. The Kier molecular flexibility index (Phi) is 3.87. The number of phenolic OH excluding ortho intramolecular Hbond substituents is 1. The smallest absolute Gasteiger partial charge is 0.333 e. The molecule has 0 bridgehead atoms. The Labute approximate surface area is 100 Å². The molecule has 0 aliphatic heterocycles. The number of urea groups is 1. The van der Waals surface area contributed by atoms with Crippen molar-refractivity contribution in [3.63, 3.8) is 0 Å². The fourth-order valence-corrected chi connectivity index (χ4v) is 1.49. The minimum Gasteiger partial charge on any atom is -0.506 e. The molecule has 0 saturated carbocycles.